The molecule has 4 unspecified atom stereocenters. The van der Waals surface area contributed by atoms with Crippen molar-refractivity contribution in [1.29, 1.82) is 0 Å². The summed E-state index contributed by atoms with van der Waals surface area (Å²) in [5, 5.41) is 8.71. The molecule has 2 saturated heterocycles. The van der Waals surface area contributed by atoms with Gasteiger partial charge in [-0.1, -0.05) is 74.5 Å². The number of carbonyl (C=O) groups excluding carboxylic acids is 5. The molecule has 4 amide bonds. The first kappa shape index (κ1) is 36.7. The minimum absolute atomic E-state index is 0.115. The Morgan fingerprint density at radius 1 is 0.938 bits per heavy atom. The fourth-order valence-corrected chi connectivity index (χ4v) is 6.30. The van der Waals surface area contributed by atoms with Crippen LogP contribution in [0.2, 0.25) is 0 Å². The molecule has 11 nitrogen and oxygen atoms in total. The van der Waals surface area contributed by atoms with Crippen LogP contribution in [0.4, 0.5) is 0 Å². The summed E-state index contributed by atoms with van der Waals surface area (Å²) >= 11 is 0. The highest BCUT2D eigenvalue weighted by molar-refractivity contribution is 5.99. The molecule has 0 aliphatic carbocycles. The highest BCUT2D eigenvalue weighted by Gasteiger charge is 2.51. The third-order valence-corrected chi connectivity index (χ3v) is 8.95. The van der Waals surface area contributed by atoms with Crippen molar-refractivity contribution in [3.63, 3.8) is 0 Å². The van der Waals surface area contributed by atoms with Gasteiger partial charge >= 0.3 is 0 Å². The second-order valence-electron chi connectivity index (χ2n) is 14.1. The Morgan fingerprint density at radius 3 is 2.10 bits per heavy atom. The Labute approximate surface area is 284 Å². The maximum atomic E-state index is 14.1. The molecule has 48 heavy (non-hydrogen) atoms. The van der Waals surface area contributed by atoms with E-state index >= 15 is 0 Å². The quantitative estimate of drug-likeness (QED) is 0.221. The lowest BCUT2D eigenvalue weighted by molar-refractivity contribution is -0.142. The molecule has 0 spiro atoms. The Bertz CT molecular complexity index is 1430. The normalized spacial score (nSPS) is 22.2. The van der Waals surface area contributed by atoms with E-state index in [2.05, 4.69) is 16.0 Å². The van der Waals surface area contributed by atoms with Gasteiger partial charge in [0.1, 0.15) is 23.7 Å². The van der Waals surface area contributed by atoms with Crippen molar-refractivity contribution in [3.05, 3.63) is 71.8 Å². The van der Waals surface area contributed by atoms with Gasteiger partial charge < -0.3 is 30.5 Å². The summed E-state index contributed by atoms with van der Waals surface area (Å²) in [7, 11) is 3.55. The fourth-order valence-electron chi connectivity index (χ4n) is 6.30. The van der Waals surface area contributed by atoms with Gasteiger partial charge in [-0.25, -0.2) is 0 Å². The van der Waals surface area contributed by atoms with Gasteiger partial charge in [-0.05, 0) is 70.7 Å². The lowest BCUT2D eigenvalue weighted by Crippen LogP contribution is -2.57. The van der Waals surface area contributed by atoms with E-state index in [9.17, 15) is 24.0 Å². The SMILES string of the molecule is CC(C)CC(NC(=O)[C@H](Cc1ccccc1)N1C(=O)C(NC(=O)[C@H](CCc2ccccc2)NC(=O)CN(C)C)CC1C)C(=O)C1(C)CO1. The Morgan fingerprint density at radius 2 is 1.54 bits per heavy atom. The highest BCUT2D eigenvalue weighted by atomic mass is 16.6. The van der Waals surface area contributed by atoms with E-state index in [1.807, 2.05) is 81.4 Å². The van der Waals surface area contributed by atoms with Crippen molar-refractivity contribution in [1.82, 2.24) is 25.8 Å². The minimum Gasteiger partial charge on any atom is -0.361 e. The Balaban J connectivity index is 1.53. The molecule has 0 bridgehead atoms. The summed E-state index contributed by atoms with van der Waals surface area (Å²) < 4.78 is 5.41. The average Bonchev–Trinajstić information content (AvgIpc) is 3.73. The summed E-state index contributed by atoms with van der Waals surface area (Å²) in [5.41, 5.74) is 0.978. The van der Waals surface area contributed by atoms with Crippen LogP contribution in [-0.2, 0) is 41.6 Å². The van der Waals surface area contributed by atoms with Crippen LogP contribution in [0.25, 0.3) is 0 Å². The summed E-state index contributed by atoms with van der Waals surface area (Å²) in [5.74, 6) is -1.59. The smallest absolute Gasteiger partial charge is 0.246 e. The topological polar surface area (TPSA) is 140 Å². The highest BCUT2D eigenvalue weighted by Crippen LogP contribution is 2.30. The monoisotopic (exact) mass is 661 g/mol. The number of nitrogens with zero attached hydrogens (tertiary/aromatic N) is 2. The van der Waals surface area contributed by atoms with Crippen LogP contribution in [0, 0.1) is 5.92 Å². The summed E-state index contributed by atoms with van der Waals surface area (Å²) in [6.45, 7) is 7.99. The number of ether oxygens (including phenoxy) is 1. The second kappa shape index (κ2) is 16.3. The predicted octanol–water partition coefficient (Wildman–Crippen LogP) is 2.27. The number of benzene rings is 2. The molecule has 2 fully saturated rings. The molecule has 260 valence electrons. The second-order valence-corrected chi connectivity index (χ2v) is 14.1. The molecular weight excluding hydrogens is 610 g/mol. The van der Waals surface area contributed by atoms with Gasteiger partial charge in [0, 0.05) is 12.5 Å². The third kappa shape index (κ3) is 9.96. The van der Waals surface area contributed by atoms with Crippen molar-refractivity contribution >= 4 is 29.4 Å². The number of nitrogens with one attached hydrogen (secondary N) is 3. The van der Waals surface area contributed by atoms with Crippen LogP contribution < -0.4 is 16.0 Å². The van der Waals surface area contributed by atoms with E-state index in [4.69, 9.17) is 4.74 Å². The van der Waals surface area contributed by atoms with Crippen molar-refractivity contribution in [2.24, 2.45) is 5.92 Å². The van der Waals surface area contributed by atoms with Gasteiger partial charge in [-0.15, -0.1) is 0 Å². The van der Waals surface area contributed by atoms with Crippen LogP contribution in [0.5, 0.6) is 0 Å². The van der Waals surface area contributed by atoms with Crippen LogP contribution in [-0.4, -0.2) is 102 Å². The number of hydrogen-bond donors (Lipinski definition) is 3. The standard InChI is InChI=1S/C37H51N5O6/c1-24(2)19-29(33(44)37(4)23-48-37)39-35(46)31(21-27-15-11-8-12-16-27)42-25(3)20-30(36(42)47)40-34(45)28(38-32(43)22-41(5)6)18-17-26-13-9-7-10-14-26/h7-16,24-25,28-31H,17-23H2,1-6H3,(H,38,43)(H,39,46)(H,40,45)/t25?,28-,29?,30?,31-,37?/m0/s1. The van der Waals surface area contributed by atoms with Gasteiger partial charge in [0.2, 0.25) is 23.6 Å². The van der Waals surface area contributed by atoms with Crippen molar-refractivity contribution in [3.8, 4) is 0 Å². The third-order valence-electron chi connectivity index (χ3n) is 8.95. The molecule has 4 rings (SSSR count). The van der Waals surface area contributed by atoms with E-state index in [0.29, 0.717) is 32.3 Å². The molecule has 2 aromatic carbocycles. The molecule has 11 heteroatoms. The van der Waals surface area contributed by atoms with Gasteiger partial charge in [-0.2, -0.15) is 0 Å². The number of aryl methyl sites for hydroxylation is 1. The molecule has 2 aliphatic heterocycles. The molecule has 0 radical (unpaired) electrons. The minimum atomic E-state index is -0.916. The molecule has 3 N–H and O–H groups in total. The van der Waals surface area contributed by atoms with Crippen molar-refractivity contribution in [2.45, 2.75) is 95.6 Å². The van der Waals surface area contributed by atoms with Gasteiger partial charge in [0.15, 0.2) is 5.78 Å². The molecule has 0 saturated carbocycles. The number of hydrogen-bond acceptors (Lipinski definition) is 7. The van der Waals surface area contributed by atoms with E-state index < -0.39 is 41.6 Å². The first-order valence-corrected chi connectivity index (χ1v) is 16.9. The zero-order valence-corrected chi connectivity index (χ0v) is 29.0. The lowest BCUT2D eigenvalue weighted by Gasteiger charge is -2.33. The number of epoxide rings is 1. The Hall–Kier alpha value is -4.09. The number of rotatable bonds is 17. The first-order valence-electron chi connectivity index (χ1n) is 16.9. The summed E-state index contributed by atoms with van der Waals surface area (Å²) in [6.07, 6.45) is 1.87. The molecule has 0 aromatic heterocycles. The molecule has 2 heterocycles. The number of carbonyl (C=O) groups is 5. The van der Waals surface area contributed by atoms with Crippen molar-refractivity contribution < 1.29 is 28.7 Å². The van der Waals surface area contributed by atoms with E-state index in [-0.39, 0.29) is 42.5 Å². The summed E-state index contributed by atoms with van der Waals surface area (Å²) in [4.78, 5) is 71.2. The zero-order valence-electron chi connectivity index (χ0n) is 29.0. The van der Waals surface area contributed by atoms with Gasteiger partial charge in [0.05, 0.1) is 19.2 Å². The van der Waals surface area contributed by atoms with E-state index in [1.165, 1.54) is 0 Å². The molecular formula is C37H51N5O6. The van der Waals surface area contributed by atoms with Gasteiger partial charge in [0.25, 0.3) is 0 Å². The van der Waals surface area contributed by atoms with E-state index in [0.717, 1.165) is 11.1 Å². The number of likely N-dealkylation sites (N-methyl/N-ethyl adjacent to an activating group) is 1. The van der Waals surface area contributed by atoms with Crippen LogP contribution in [0.3, 0.4) is 0 Å². The first-order chi connectivity index (χ1) is 22.8. The van der Waals surface area contributed by atoms with Crippen LogP contribution in [0.1, 0.15) is 58.1 Å². The van der Waals surface area contributed by atoms with Crippen LogP contribution in [0.15, 0.2) is 60.7 Å². The number of likely N-dealkylation sites (tertiary alicyclic amines) is 1. The average molecular weight is 662 g/mol. The molecule has 2 aromatic rings. The lowest BCUT2D eigenvalue weighted by atomic mass is 9.92. The maximum Gasteiger partial charge on any atom is 0.246 e. The fraction of sp³-hybridized carbons (Fsp3) is 0.541. The van der Waals surface area contributed by atoms with E-state index in [1.54, 1.807) is 30.8 Å². The molecule has 6 atom stereocenters. The van der Waals surface area contributed by atoms with Crippen molar-refractivity contribution in [2.75, 3.05) is 27.2 Å². The predicted molar refractivity (Wildman–Crippen MR) is 183 cm³/mol. The molecule has 2 aliphatic rings. The van der Waals surface area contributed by atoms with Crippen LogP contribution >= 0.6 is 0 Å². The largest absolute Gasteiger partial charge is 0.361 e. The maximum absolute atomic E-state index is 14.1. The number of Topliss-reactive ketones (excluding diaryl/α,β-unsaturated/α-hetero) is 1. The number of ketones is 1. The summed E-state index contributed by atoms with van der Waals surface area (Å²) in [6, 6.07) is 15.3. The number of amides is 4. The van der Waals surface area contributed by atoms with Gasteiger partial charge in [-0.3, -0.25) is 24.0 Å². The zero-order chi connectivity index (χ0) is 35.0. The Kier molecular flexibility index (Phi) is 12.5.